The molecule has 0 aliphatic carbocycles. The molecule has 0 unspecified atom stereocenters. The molecule has 1 aromatic heterocycles. The number of ether oxygens (including phenoxy) is 1. The number of nitrogens with zero attached hydrogens (tertiary/aromatic N) is 2. The van der Waals surface area contributed by atoms with E-state index in [9.17, 15) is 0 Å². The third-order valence-electron chi connectivity index (χ3n) is 2.60. The second-order valence-electron chi connectivity index (χ2n) is 5.38. The van der Waals surface area contributed by atoms with Crippen LogP contribution in [0.1, 0.15) is 32.9 Å². The van der Waals surface area contributed by atoms with Gasteiger partial charge in [0.05, 0.1) is 12.3 Å². The fourth-order valence-electron chi connectivity index (χ4n) is 1.65. The Labute approximate surface area is 104 Å². The lowest BCUT2D eigenvalue weighted by atomic mass is 9.95. The lowest BCUT2D eigenvalue weighted by Gasteiger charge is -2.25. The number of rotatable bonds is 7. The first-order valence-corrected chi connectivity index (χ1v) is 6.29. The maximum Gasteiger partial charge on any atom is 0.211 e. The van der Waals surface area contributed by atoms with E-state index in [-0.39, 0.29) is 5.41 Å². The lowest BCUT2D eigenvalue weighted by Crippen LogP contribution is -2.34. The normalized spacial score (nSPS) is 11.8. The molecular weight excluding hydrogens is 214 g/mol. The van der Waals surface area contributed by atoms with Crippen LogP contribution in [0.5, 0.6) is 5.88 Å². The molecule has 1 heterocycles. The molecule has 17 heavy (non-hydrogen) atoms. The Morgan fingerprint density at radius 3 is 2.71 bits per heavy atom. The summed E-state index contributed by atoms with van der Waals surface area (Å²) in [5, 5.41) is 7.69. The van der Waals surface area contributed by atoms with Crippen LogP contribution in [0.4, 0.5) is 0 Å². The standard InChI is InChI=1S/C13H25N3O/c1-6-7-14-9-13(3,4)10-17-12-8-11(2)15-16(12)5/h8,14H,6-7,9-10H2,1-5H3. The Kier molecular flexibility index (Phi) is 5.00. The van der Waals surface area contributed by atoms with Gasteiger partial charge in [-0.2, -0.15) is 5.10 Å². The molecule has 0 saturated heterocycles. The third-order valence-corrected chi connectivity index (χ3v) is 2.60. The summed E-state index contributed by atoms with van der Waals surface area (Å²) in [4.78, 5) is 0. The monoisotopic (exact) mass is 239 g/mol. The van der Waals surface area contributed by atoms with Gasteiger partial charge in [-0.05, 0) is 19.9 Å². The van der Waals surface area contributed by atoms with Crippen LogP contribution in [-0.4, -0.2) is 29.5 Å². The van der Waals surface area contributed by atoms with Gasteiger partial charge in [-0.3, -0.25) is 0 Å². The first-order chi connectivity index (χ1) is 7.94. The van der Waals surface area contributed by atoms with Gasteiger partial charge in [-0.1, -0.05) is 20.8 Å². The highest BCUT2D eigenvalue weighted by Crippen LogP contribution is 2.18. The first-order valence-electron chi connectivity index (χ1n) is 6.29. The molecule has 1 aromatic rings. The molecule has 0 aliphatic heterocycles. The molecule has 0 atom stereocenters. The molecular formula is C13H25N3O. The summed E-state index contributed by atoms with van der Waals surface area (Å²) in [7, 11) is 1.91. The average Bonchev–Trinajstić information content (AvgIpc) is 2.55. The van der Waals surface area contributed by atoms with E-state index < -0.39 is 0 Å². The van der Waals surface area contributed by atoms with Crippen molar-refractivity contribution in [2.75, 3.05) is 19.7 Å². The van der Waals surface area contributed by atoms with Crippen LogP contribution >= 0.6 is 0 Å². The average molecular weight is 239 g/mol. The summed E-state index contributed by atoms with van der Waals surface area (Å²) in [6.07, 6.45) is 1.16. The second kappa shape index (κ2) is 6.05. The number of aryl methyl sites for hydroxylation is 2. The summed E-state index contributed by atoms with van der Waals surface area (Å²) in [5.41, 5.74) is 1.12. The van der Waals surface area contributed by atoms with Crippen LogP contribution in [0.2, 0.25) is 0 Å². The Balaban J connectivity index is 2.40. The predicted molar refractivity (Wildman–Crippen MR) is 70.4 cm³/mol. The van der Waals surface area contributed by atoms with Gasteiger partial charge in [0.1, 0.15) is 0 Å². The summed E-state index contributed by atoms with van der Waals surface area (Å²) < 4.78 is 7.60. The van der Waals surface area contributed by atoms with Crippen molar-refractivity contribution in [2.24, 2.45) is 12.5 Å². The smallest absolute Gasteiger partial charge is 0.211 e. The highest BCUT2D eigenvalue weighted by atomic mass is 16.5. The Morgan fingerprint density at radius 2 is 2.18 bits per heavy atom. The van der Waals surface area contributed by atoms with Crippen molar-refractivity contribution in [3.8, 4) is 5.88 Å². The molecule has 1 rings (SSSR count). The Bertz CT molecular complexity index is 344. The van der Waals surface area contributed by atoms with Crippen molar-refractivity contribution >= 4 is 0 Å². The zero-order chi connectivity index (χ0) is 12.9. The number of hydrogen-bond acceptors (Lipinski definition) is 3. The fraction of sp³-hybridized carbons (Fsp3) is 0.769. The number of hydrogen-bond donors (Lipinski definition) is 1. The van der Waals surface area contributed by atoms with Crippen molar-refractivity contribution < 1.29 is 4.74 Å². The molecule has 0 radical (unpaired) electrons. The molecule has 0 spiro atoms. The molecule has 0 saturated carbocycles. The zero-order valence-corrected chi connectivity index (χ0v) is 11.7. The van der Waals surface area contributed by atoms with E-state index in [0.717, 1.165) is 31.1 Å². The largest absolute Gasteiger partial charge is 0.477 e. The second-order valence-corrected chi connectivity index (χ2v) is 5.38. The van der Waals surface area contributed by atoms with Gasteiger partial charge in [-0.25, -0.2) is 4.68 Å². The van der Waals surface area contributed by atoms with Crippen molar-refractivity contribution in [1.29, 1.82) is 0 Å². The lowest BCUT2D eigenvalue weighted by molar-refractivity contribution is 0.165. The highest BCUT2D eigenvalue weighted by molar-refractivity contribution is 5.14. The molecule has 0 fully saturated rings. The van der Waals surface area contributed by atoms with Crippen LogP contribution in [0.25, 0.3) is 0 Å². The van der Waals surface area contributed by atoms with Crippen LogP contribution in [-0.2, 0) is 7.05 Å². The van der Waals surface area contributed by atoms with Crippen molar-refractivity contribution in [2.45, 2.75) is 34.1 Å². The van der Waals surface area contributed by atoms with Crippen molar-refractivity contribution in [1.82, 2.24) is 15.1 Å². The minimum Gasteiger partial charge on any atom is -0.477 e. The van der Waals surface area contributed by atoms with E-state index in [1.165, 1.54) is 0 Å². The minimum atomic E-state index is 0.132. The molecule has 0 bridgehead atoms. The maximum atomic E-state index is 5.81. The van der Waals surface area contributed by atoms with Crippen LogP contribution < -0.4 is 10.1 Å². The highest BCUT2D eigenvalue weighted by Gasteiger charge is 2.19. The van der Waals surface area contributed by atoms with Gasteiger partial charge in [0.25, 0.3) is 0 Å². The van der Waals surface area contributed by atoms with Gasteiger partial charge >= 0.3 is 0 Å². The molecule has 4 heteroatoms. The zero-order valence-electron chi connectivity index (χ0n) is 11.7. The molecule has 4 nitrogen and oxygen atoms in total. The minimum absolute atomic E-state index is 0.132. The van der Waals surface area contributed by atoms with E-state index in [0.29, 0.717) is 6.61 Å². The maximum absolute atomic E-state index is 5.81. The van der Waals surface area contributed by atoms with E-state index in [1.807, 2.05) is 20.0 Å². The Morgan fingerprint density at radius 1 is 1.47 bits per heavy atom. The van der Waals surface area contributed by atoms with E-state index in [1.54, 1.807) is 4.68 Å². The number of aromatic nitrogens is 2. The summed E-state index contributed by atoms with van der Waals surface area (Å²) in [6.45, 7) is 11.3. The molecule has 98 valence electrons. The molecule has 1 N–H and O–H groups in total. The topological polar surface area (TPSA) is 39.1 Å². The van der Waals surface area contributed by atoms with Crippen LogP contribution in [0.3, 0.4) is 0 Å². The van der Waals surface area contributed by atoms with E-state index in [2.05, 4.69) is 31.2 Å². The number of nitrogens with one attached hydrogen (secondary N) is 1. The molecule has 0 aromatic carbocycles. The fourth-order valence-corrected chi connectivity index (χ4v) is 1.65. The van der Waals surface area contributed by atoms with Gasteiger partial charge in [0.15, 0.2) is 0 Å². The quantitative estimate of drug-likeness (QED) is 0.741. The first kappa shape index (κ1) is 14.0. The van der Waals surface area contributed by atoms with E-state index in [4.69, 9.17) is 4.74 Å². The van der Waals surface area contributed by atoms with Gasteiger partial charge in [0, 0.05) is 25.1 Å². The van der Waals surface area contributed by atoms with Gasteiger partial charge < -0.3 is 10.1 Å². The summed E-state index contributed by atoms with van der Waals surface area (Å²) in [6, 6.07) is 1.97. The SMILES string of the molecule is CCCNCC(C)(C)COc1cc(C)nn1C. The van der Waals surface area contributed by atoms with Gasteiger partial charge in [-0.15, -0.1) is 0 Å². The van der Waals surface area contributed by atoms with Crippen LogP contribution in [0.15, 0.2) is 6.07 Å². The van der Waals surface area contributed by atoms with E-state index >= 15 is 0 Å². The Hall–Kier alpha value is -1.03. The van der Waals surface area contributed by atoms with Crippen molar-refractivity contribution in [3.63, 3.8) is 0 Å². The summed E-state index contributed by atoms with van der Waals surface area (Å²) in [5.74, 6) is 0.839. The van der Waals surface area contributed by atoms with Crippen LogP contribution in [0, 0.1) is 12.3 Å². The van der Waals surface area contributed by atoms with Gasteiger partial charge in [0.2, 0.25) is 5.88 Å². The predicted octanol–water partition coefficient (Wildman–Crippen LogP) is 2.13. The molecule has 0 amide bonds. The van der Waals surface area contributed by atoms with Crippen molar-refractivity contribution in [3.05, 3.63) is 11.8 Å². The third kappa shape index (κ3) is 4.77. The molecule has 0 aliphatic rings. The summed E-state index contributed by atoms with van der Waals surface area (Å²) >= 11 is 0.